The minimum absolute atomic E-state index is 0.0658. The van der Waals surface area contributed by atoms with Gasteiger partial charge in [-0.2, -0.15) is 0 Å². The molecule has 2 heterocycles. The van der Waals surface area contributed by atoms with Crippen LogP contribution in [0.2, 0.25) is 0 Å². The molecule has 1 aromatic carbocycles. The number of benzene rings is 1. The van der Waals surface area contributed by atoms with Crippen LogP contribution in [0.3, 0.4) is 0 Å². The van der Waals surface area contributed by atoms with E-state index in [0.717, 1.165) is 26.1 Å². The van der Waals surface area contributed by atoms with Crippen LogP contribution in [0.25, 0.3) is 0 Å². The van der Waals surface area contributed by atoms with E-state index in [4.69, 9.17) is 4.52 Å². The number of hydrogen-bond acceptors (Lipinski definition) is 4. The van der Waals surface area contributed by atoms with E-state index >= 15 is 0 Å². The van der Waals surface area contributed by atoms with Gasteiger partial charge in [0.1, 0.15) is 11.6 Å². The molecule has 1 aliphatic rings. The highest BCUT2D eigenvalue weighted by atomic mass is 19.1. The van der Waals surface area contributed by atoms with Crippen LogP contribution >= 0.6 is 0 Å². The lowest BCUT2D eigenvalue weighted by Gasteiger charge is -2.22. The maximum absolute atomic E-state index is 13.8. The lowest BCUT2D eigenvalue weighted by molar-refractivity contribution is -0.130. The summed E-state index contributed by atoms with van der Waals surface area (Å²) in [5.41, 5.74) is 1.38. The Morgan fingerprint density at radius 1 is 1.25 bits per heavy atom. The fraction of sp³-hybridized carbons (Fsp3) is 0.444. The Labute approximate surface area is 141 Å². The average molecular weight is 331 g/mol. The van der Waals surface area contributed by atoms with Gasteiger partial charge in [-0.05, 0) is 19.4 Å². The van der Waals surface area contributed by atoms with Gasteiger partial charge in [-0.25, -0.2) is 4.39 Å². The van der Waals surface area contributed by atoms with Gasteiger partial charge in [-0.15, -0.1) is 0 Å². The summed E-state index contributed by atoms with van der Waals surface area (Å²) >= 11 is 0. The van der Waals surface area contributed by atoms with Crippen molar-refractivity contribution in [1.29, 1.82) is 0 Å². The molecule has 0 radical (unpaired) electrons. The van der Waals surface area contributed by atoms with Crippen LogP contribution in [-0.2, 0) is 17.8 Å². The van der Waals surface area contributed by atoms with Gasteiger partial charge in [-0.1, -0.05) is 23.4 Å². The smallest absolute Gasteiger partial charge is 0.228 e. The molecule has 0 atom stereocenters. The first-order chi connectivity index (χ1) is 11.6. The predicted molar refractivity (Wildman–Crippen MR) is 87.8 cm³/mol. The molecule has 0 unspecified atom stereocenters. The van der Waals surface area contributed by atoms with E-state index in [2.05, 4.69) is 10.1 Å². The molecule has 0 spiro atoms. The number of carbonyl (C=O) groups is 1. The fourth-order valence-electron chi connectivity index (χ4n) is 3.01. The predicted octanol–water partition coefficient (Wildman–Crippen LogP) is 2.40. The van der Waals surface area contributed by atoms with Crippen molar-refractivity contribution in [2.75, 3.05) is 26.2 Å². The van der Waals surface area contributed by atoms with E-state index in [1.54, 1.807) is 12.1 Å². The van der Waals surface area contributed by atoms with Gasteiger partial charge >= 0.3 is 0 Å². The Morgan fingerprint density at radius 3 is 2.83 bits per heavy atom. The normalized spacial score (nSPS) is 16.2. The van der Waals surface area contributed by atoms with Crippen molar-refractivity contribution >= 4 is 5.91 Å². The Kier molecular flexibility index (Phi) is 5.25. The van der Waals surface area contributed by atoms with Gasteiger partial charge in [0, 0.05) is 44.4 Å². The number of aromatic nitrogens is 1. The second-order valence-corrected chi connectivity index (χ2v) is 6.21. The molecule has 0 N–H and O–H groups in total. The van der Waals surface area contributed by atoms with Gasteiger partial charge in [0.25, 0.3) is 0 Å². The summed E-state index contributed by atoms with van der Waals surface area (Å²) in [6.45, 7) is 5.39. The SMILES string of the molecule is Cc1cc(CC(=O)N2CCCN(Cc3ccccc3F)CC2)no1. The van der Waals surface area contributed by atoms with Crippen molar-refractivity contribution in [3.05, 3.63) is 53.2 Å². The Hall–Kier alpha value is -2.21. The standard InChI is InChI=1S/C18H22FN3O2/c1-14-11-16(20-24-14)12-18(23)22-8-4-7-21(9-10-22)13-15-5-2-3-6-17(15)19/h2-3,5-6,11H,4,7-10,12-13H2,1H3. The van der Waals surface area contributed by atoms with E-state index in [1.807, 2.05) is 24.0 Å². The van der Waals surface area contributed by atoms with Crippen molar-refractivity contribution in [3.63, 3.8) is 0 Å². The minimum Gasteiger partial charge on any atom is -0.361 e. The van der Waals surface area contributed by atoms with Gasteiger partial charge in [0.2, 0.25) is 5.91 Å². The van der Waals surface area contributed by atoms with Crippen molar-refractivity contribution in [1.82, 2.24) is 15.0 Å². The fourth-order valence-corrected chi connectivity index (χ4v) is 3.01. The van der Waals surface area contributed by atoms with Crippen LogP contribution in [0.5, 0.6) is 0 Å². The van der Waals surface area contributed by atoms with Crippen molar-refractivity contribution in [2.24, 2.45) is 0 Å². The molecule has 128 valence electrons. The zero-order valence-electron chi connectivity index (χ0n) is 13.9. The van der Waals surface area contributed by atoms with E-state index in [-0.39, 0.29) is 18.1 Å². The molecule has 0 aliphatic carbocycles. The van der Waals surface area contributed by atoms with Crippen LogP contribution in [0.15, 0.2) is 34.9 Å². The first-order valence-electron chi connectivity index (χ1n) is 8.27. The number of nitrogens with zero attached hydrogens (tertiary/aromatic N) is 3. The molecule has 1 aliphatic heterocycles. The van der Waals surface area contributed by atoms with Crippen molar-refractivity contribution in [3.8, 4) is 0 Å². The highest BCUT2D eigenvalue weighted by molar-refractivity contribution is 5.78. The third-order valence-corrected chi connectivity index (χ3v) is 4.30. The van der Waals surface area contributed by atoms with Gasteiger partial charge in [0.05, 0.1) is 12.1 Å². The van der Waals surface area contributed by atoms with Gasteiger partial charge in [0.15, 0.2) is 0 Å². The molecule has 1 fully saturated rings. The second-order valence-electron chi connectivity index (χ2n) is 6.21. The summed E-state index contributed by atoms with van der Waals surface area (Å²) in [6.07, 6.45) is 1.16. The average Bonchev–Trinajstić information content (AvgIpc) is 2.83. The lowest BCUT2D eigenvalue weighted by Crippen LogP contribution is -2.36. The Morgan fingerprint density at radius 2 is 2.08 bits per heavy atom. The zero-order chi connectivity index (χ0) is 16.9. The molecule has 1 amide bonds. The summed E-state index contributed by atoms with van der Waals surface area (Å²) < 4.78 is 18.8. The number of carbonyl (C=O) groups excluding carboxylic acids is 1. The lowest BCUT2D eigenvalue weighted by atomic mass is 10.2. The monoisotopic (exact) mass is 331 g/mol. The van der Waals surface area contributed by atoms with Crippen molar-refractivity contribution in [2.45, 2.75) is 26.3 Å². The first-order valence-corrected chi connectivity index (χ1v) is 8.27. The number of halogens is 1. The molecule has 24 heavy (non-hydrogen) atoms. The summed E-state index contributed by atoms with van der Waals surface area (Å²) in [4.78, 5) is 16.5. The summed E-state index contributed by atoms with van der Waals surface area (Å²) in [5.74, 6) is 0.608. The molecule has 0 bridgehead atoms. The topological polar surface area (TPSA) is 49.6 Å². The van der Waals surface area contributed by atoms with E-state index in [9.17, 15) is 9.18 Å². The van der Waals surface area contributed by atoms with Crippen LogP contribution in [0, 0.1) is 12.7 Å². The molecular weight excluding hydrogens is 309 g/mol. The molecule has 2 aromatic rings. The molecule has 3 rings (SSSR count). The van der Waals surface area contributed by atoms with Gasteiger partial charge in [-0.3, -0.25) is 9.69 Å². The molecule has 1 aromatic heterocycles. The maximum Gasteiger partial charge on any atom is 0.228 e. The quantitative estimate of drug-likeness (QED) is 0.863. The third kappa shape index (κ3) is 4.20. The molecule has 5 nitrogen and oxygen atoms in total. The Balaban J connectivity index is 1.54. The van der Waals surface area contributed by atoms with E-state index in [1.165, 1.54) is 6.07 Å². The summed E-state index contributed by atoms with van der Waals surface area (Å²) in [6, 6.07) is 8.65. The molecule has 0 saturated carbocycles. The third-order valence-electron chi connectivity index (χ3n) is 4.30. The minimum atomic E-state index is -0.170. The van der Waals surface area contributed by atoms with Crippen LogP contribution in [0.1, 0.15) is 23.4 Å². The van der Waals surface area contributed by atoms with E-state index in [0.29, 0.717) is 30.1 Å². The highest BCUT2D eigenvalue weighted by Crippen LogP contribution is 2.13. The number of rotatable bonds is 4. The first kappa shape index (κ1) is 16.6. The van der Waals surface area contributed by atoms with E-state index < -0.39 is 0 Å². The molecular formula is C18H22FN3O2. The molecule has 1 saturated heterocycles. The number of aryl methyl sites for hydroxylation is 1. The number of amides is 1. The van der Waals surface area contributed by atoms with Crippen LogP contribution in [0.4, 0.5) is 4.39 Å². The Bertz CT molecular complexity index is 701. The summed E-state index contributed by atoms with van der Waals surface area (Å²) in [5, 5.41) is 3.88. The van der Waals surface area contributed by atoms with Crippen LogP contribution < -0.4 is 0 Å². The van der Waals surface area contributed by atoms with Crippen LogP contribution in [-0.4, -0.2) is 47.0 Å². The van der Waals surface area contributed by atoms with Gasteiger partial charge < -0.3 is 9.42 Å². The summed E-state index contributed by atoms with van der Waals surface area (Å²) in [7, 11) is 0. The largest absolute Gasteiger partial charge is 0.361 e. The van der Waals surface area contributed by atoms with Crippen molar-refractivity contribution < 1.29 is 13.7 Å². The number of hydrogen-bond donors (Lipinski definition) is 0. The highest BCUT2D eigenvalue weighted by Gasteiger charge is 2.20. The zero-order valence-corrected chi connectivity index (χ0v) is 13.9. The molecule has 6 heteroatoms. The maximum atomic E-state index is 13.8. The second kappa shape index (κ2) is 7.57.